The van der Waals surface area contributed by atoms with Crippen molar-refractivity contribution < 1.29 is 4.74 Å². The van der Waals surface area contributed by atoms with Crippen LogP contribution in [0.2, 0.25) is 5.15 Å². The summed E-state index contributed by atoms with van der Waals surface area (Å²) in [7, 11) is 0. The van der Waals surface area contributed by atoms with E-state index in [2.05, 4.69) is 34.8 Å². The van der Waals surface area contributed by atoms with E-state index in [1.54, 1.807) is 0 Å². The monoisotopic (exact) mass is 303 g/mol. The molecule has 0 saturated carbocycles. The molecule has 1 aliphatic rings. The van der Waals surface area contributed by atoms with Gasteiger partial charge in [0.1, 0.15) is 29.7 Å². The predicted molar refractivity (Wildman–Crippen MR) is 84.1 cm³/mol. The Labute approximate surface area is 129 Å². The molecular weight excluding hydrogens is 286 g/mol. The molecule has 3 rings (SSSR count). The quantitative estimate of drug-likeness (QED) is 0.794. The maximum Gasteiger partial charge on any atom is 0.138 e. The van der Waals surface area contributed by atoms with Crippen LogP contribution < -0.4 is 9.64 Å². The fraction of sp³-hybridized carbons (Fsp3) is 0.375. The zero-order valence-corrected chi connectivity index (χ0v) is 13.0. The van der Waals surface area contributed by atoms with E-state index in [4.69, 9.17) is 16.3 Å². The number of nitrogens with zero attached hydrogens (tertiary/aromatic N) is 3. The largest absolute Gasteiger partial charge is 0.491 e. The van der Waals surface area contributed by atoms with Gasteiger partial charge in [0.05, 0.1) is 6.54 Å². The van der Waals surface area contributed by atoms with Crippen molar-refractivity contribution in [2.45, 2.75) is 26.3 Å². The van der Waals surface area contributed by atoms with Gasteiger partial charge in [0.2, 0.25) is 0 Å². The van der Waals surface area contributed by atoms with E-state index in [1.807, 2.05) is 18.2 Å². The minimum absolute atomic E-state index is 0.271. The Morgan fingerprint density at radius 3 is 2.86 bits per heavy atom. The predicted octanol–water partition coefficient (Wildman–Crippen LogP) is 3.65. The van der Waals surface area contributed by atoms with Gasteiger partial charge in [-0.2, -0.15) is 0 Å². The van der Waals surface area contributed by atoms with Crippen LogP contribution in [0, 0.1) is 0 Å². The van der Waals surface area contributed by atoms with Crippen LogP contribution in [0.15, 0.2) is 30.6 Å². The van der Waals surface area contributed by atoms with Crippen LogP contribution in [0.25, 0.3) is 0 Å². The smallest absolute Gasteiger partial charge is 0.138 e. The number of rotatable bonds is 2. The van der Waals surface area contributed by atoms with Crippen LogP contribution in [-0.4, -0.2) is 23.1 Å². The van der Waals surface area contributed by atoms with Gasteiger partial charge in [-0.3, -0.25) is 0 Å². The van der Waals surface area contributed by atoms with Crippen molar-refractivity contribution in [2.24, 2.45) is 0 Å². The second kappa shape index (κ2) is 5.90. The molecule has 4 nitrogen and oxygen atoms in total. The zero-order valence-electron chi connectivity index (χ0n) is 12.2. The van der Waals surface area contributed by atoms with Crippen molar-refractivity contribution >= 4 is 17.4 Å². The summed E-state index contributed by atoms with van der Waals surface area (Å²) < 4.78 is 5.81. The van der Waals surface area contributed by atoms with Gasteiger partial charge in [0.25, 0.3) is 0 Å². The molecule has 0 amide bonds. The molecule has 110 valence electrons. The summed E-state index contributed by atoms with van der Waals surface area (Å²) in [6, 6.07) is 8.12. The molecule has 1 aliphatic heterocycles. The average Bonchev–Trinajstić information content (AvgIpc) is 2.68. The topological polar surface area (TPSA) is 38.2 Å². The highest BCUT2D eigenvalue weighted by Crippen LogP contribution is 2.33. The minimum Gasteiger partial charge on any atom is -0.491 e. The van der Waals surface area contributed by atoms with E-state index in [0.717, 1.165) is 30.2 Å². The molecular formula is C16H18ClN3O. The summed E-state index contributed by atoms with van der Waals surface area (Å²) in [5.74, 6) is 2.13. The molecule has 21 heavy (non-hydrogen) atoms. The molecule has 0 N–H and O–H groups in total. The van der Waals surface area contributed by atoms with Crippen LogP contribution in [0.5, 0.6) is 5.75 Å². The van der Waals surface area contributed by atoms with Gasteiger partial charge >= 0.3 is 0 Å². The number of hydrogen-bond donors (Lipinski definition) is 0. The Hall–Kier alpha value is -1.81. The Morgan fingerprint density at radius 1 is 1.24 bits per heavy atom. The van der Waals surface area contributed by atoms with Crippen molar-refractivity contribution in [1.82, 2.24) is 9.97 Å². The van der Waals surface area contributed by atoms with Gasteiger partial charge in [-0.1, -0.05) is 43.6 Å². The van der Waals surface area contributed by atoms with Crippen LogP contribution in [0.1, 0.15) is 30.9 Å². The molecule has 2 aromatic rings. The number of fused-ring (bicyclic) bond motifs is 1. The summed E-state index contributed by atoms with van der Waals surface area (Å²) in [6.07, 6.45) is 1.53. The summed E-state index contributed by atoms with van der Waals surface area (Å²) >= 11 is 6.28. The summed E-state index contributed by atoms with van der Waals surface area (Å²) in [4.78, 5) is 10.8. The molecule has 1 aromatic carbocycles. The number of benzene rings is 1. The molecule has 1 aromatic heterocycles. The van der Waals surface area contributed by atoms with E-state index in [1.165, 1.54) is 11.9 Å². The molecule has 0 fully saturated rings. The first-order valence-electron chi connectivity index (χ1n) is 7.13. The van der Waals surface area contributed by atoms with Crippen molar-refractivity contribution in [3.63, 3.8) is 0 Å². The van der Waals surface area contributed by atoms with Gasteiger partial charge in [0.15, 0.2) is 0 Å². The number of halogens is 1. The number of para-hydroxylation sites is 1. The Kier molecular flexibility index (Phi) is 3.97. The van der Waals surface area contributed by atoms with Gasteiger partial charge in [0, 0.05) is 17.7 Å². The Bertz CT molecular complexity index is 645. The van der Waals surface area contributed by atoms with E-state index < -0.39 is 0 Å². The van der Waals surface area contributed by atoms with Crippen LogP contribution >= 0.6 is 11.6 Å². The maximum absolute atomic E-state index is 6.28. The lowest BCUT2D eigenvalue weighted by atomic mass is 10.1. The standard InChI is InChI=1S/C16H18ClN3O/c1-11(2)14-15(17)18-10-19-16(14)20-7-8-21-13-6-4-3-5-12(13)9-20/h3-6,10-11H,7-9H2,1-2H3. The van der Waals surface area contributed by atoms with Crippen molar-refractivity contribution in [1.29, 1.82) is 0 Å². The lowest BCUT2D eigenvalue weighted by Crippen LogP contribution is -2.27. The first-order chi connectivity index (χ1) is 10.2. The molecule has 0 spiro atoms. The fourth-order valence-electron chi connectivity index (χ4n) is 2.62. The summed E-state index contributed by atoms with van der Waals surface area (Å²) in [5, 5.41) is 0.536. The summed E-state index contributed by atoms with van der Waals surface area (Å²) in [6.45, 7) is 6.40. The molecule has 0 saturated heterocycles. The number of aromatic nitrogens is 2. The van der Waals surface area contributed by atoms with Gasteiger partial charge in [-0.05, 0) is 12.0 Å². The Morgan fingerprint density at radius 2 is 2.05 bits per heavy atom. The second-order valence-electron chi connectivity index (χ2n) is 5.43. The SMILES string of the molecule is CC(C)c1c(Cl)ncnc1N1CCOc2ccccc2C1. The molecule has 2 heterocycles. The zero-order chi connectivity index (χ0) is 14.8. The first kappa shape index (κ1) is 14.1. The van der Waals surface area contributed by atoms with Crippen molar-refractivity contribution in [3.05, 3.63) is 46.9 Å². The third-order valence-electron chi connectivity index (χ3n) is 3.64. The minimum atomic E-state index is 0.271. The number of ether oxygens (including phenoxy) is 1. The molecule has 0 bridgehead atoms. The summed E-state index contributed by atoms with van der Waals surface area (Å²) in [5.41, 5.74) is 2.16. The maximum atomic E-state index is 6.28. The third-order valence-corrected chi connectivity index (χ3v) is 3.94. The van der Waals surface area contributed by atoms with Crippen LogP contribution in [-0.2, 0) is 6.54 Å². The highest BCUT2D eigenvalue weighted by atomic mass is 35.5. The van der Waals surface area contributed by atoms with E-state index >= 15 is 0 Å². The lowest BCUT2D eigenvalue weighted by molar-refractivity contribution is 0.331. The highest BCUT2D eigenvalue weighted by molar-refractivity contribution is 6.30. The van der Waals surface area contributed by atoms with E-state index in [9.17, 15) is 0 Å². The van der Waals surface area contributed by atoms with Crippen LogP contribution in [0.4, 0.5) is 5.82 Å². The fourth-order valence-corrected chi connectivity index (χ4v) is 2.97. The molecule has 0 atom stereocenters. The average molecular weight is 304 g/mol. The van der Waals surface area contributed by atoms with Crippen molar-refractivity contribution in [2.75, 3.05) is 18.1 Å². The van der Waals surface area contributed by atoms with E-state index in [-0.39, 0.29) is 5.92 Å². The van der Waals surface area contributed by atoms with Gasteiger partial charge in [-0.15, -0.1) is 0 Å². The number of hydrogen-bond acceptors (Lipinski definition) is 4. The lowest BCUT2D eigenvalue weighted by Gasteiger charge is -2.25. The normalized spacial score (nSPS) is 14.6. The molecule has 0 unspecified atom stereocenters. The van der Waals surface area contributed by atoms with E-state index in [0.29, 0.717) is 11.8 Å². The molecule has 0 aliphatic carbocycles. The molecule has 5 heteroatoms. The first-order valence-corrected chi connectivity index (χ1v) is 7.50. The van der Waals surface area contributed by atoms with Crippen LogP contribution in [0.3, 0.4) is 0 Å². The third kappa shape index (κ3) is 2.81. The van der Waals surface area contributed by atoms with Gasteiger partial charge in [-0.25, -0.2) is 9.97 Å². The van der Waals surface area contributed by atoms with Gasteiger partial charge < -0.3 is 9.64 Å². The number of anilines is 1. The second-order valence-corrected chi connectivity index (χ2v) is 5.79. The Balaban J connectivity index is 2.00. The van der Waals surface area contributed by atoms with Crippen molar-refractivity contribution in [3.8, 4) is 5.75 Å². The molecule has 0 radical (unpaired) electrons. The highest BCUT2D eigenvalue weighted by Gasteiger charge is 2.22.